The molecular formula is C14H22N4O. The van der Waals surface area contributed by atoms with Crippen molar-refractivity contribution in [2.45, 2.75) is 44.7 Å². The minimum absolute atomic E-state index is 0.531. The molecule has 3 heterocycles. The van der Waals surface area contributed by atoms with E-state index in [0.717, 1.165) is 11.9 Å². The smallest absolute Gasteiger partial charge is 0.218 e. The van der Waals surface area contributed by atoms with E-state index >= 15 is 0 Å². The highest BCUT2D eigenvalue weighted by Gasteiger charge is 2.31. The fraction of sp³-hybridized carbons (Fsp3) is 0.714. The summed E-state index contributed by atoms with van der Waals surface area (Å²) >= 11 is 0. The Morgan fingerprint density at radius 1 is 1.37 bits per heavy atom. The molecule has 5 nitrogen and oxygen atoms in total. The molecule has 2 aliphatic heterocycles. The normalized spacial score (nSPS) is 27.0. The summed E-state index contributed by atoms with van der Waals surface area (Å²) in [6, 6.07) is 3.20. The van der Waals surface area contributed by atoms with Gasteiger partial charge in [-0.1, -0.05) is 0 Å². The molecule has 0 radical (unpaired) electrons. The monoisotopic (exact) mass is 262 g/mol. The summed E-state index contributed by atoms with van der Waals surface area (Å²) in [7, 11) is 0. The van der Waals surface area contributed by atoms with Crippen LogP contribution in [0.5, 0.6) is 5.88 Å². The maximum absolute atomic E-state index is 5.41. The summed E-state index contributed by atoms with van der Waals surface area (Å²) < 4.78 is 5.41. The van der Waals surface area contributed by atoms with Gasteiger partial charge in [0.25, 0.3) is 0 Å². The standard InChI is InChI=1S/C14H22N4O/c1-2-19-14-9-13(15-10-16-14)17-11-5-7-18-6-3-4-12(18)8-11/h9-12H,2-8H2,1H3,(H,15,16,17). The molecule has 104 valence electrons. The third-order valence-corrected chi connectivity index (χ3v) is 4.11. The van der Waals surface area contributed by atoms with Crippen LogP contribution in [0.25, 0.3) is 0 Å². The highest BCUT2D eigenvalue weighted by Crippen LogP contribution is 2.28. The van der Waals surface area contributed by atoms with Crippen LogP contribution < -0.4 is 10.1 Å². The number of ether oxygens (including phenoxy) is 1. The highest BCUT2D eigenvalue weighted by atomic mass is 16.5. The quantitative estimate of drug-likeness (QED) is 0.898. The van der Waals surface area contributed by atoms with E-state index in [1.165, 1.54) is 38.8 Å². The zero-order chi connectivity index (χ0) is 13.1. The molecule has 1 aromatic rings. The number of rotatable bonds is 4. The molecule has 5 heteroatoms. The predicted molar refractivity (Wildman–Crippen MR) is 74.4 cm³/mol. The topological polar surface area (TPSA) is 50.3 Å². The number of hydrogen-bond acceptors (Lipinski definition) is 5. The second-order valence-electron chi connectivity index (χ2n) is 5.37. The summed E-state index contributed by atoms with van der Waals surface area (Å²) in [5, 5.41) is 3.53. The number of nitrogens with one attached hydrogen (secondary N) is 1. The first-order valence-electron chi connectivity index (χ1n) is 7.30. The van der Waals surface area contributed by atoms with Crippen LogP contribution in [0, 0.1) is 0 Å². The SMILES string of the molecule is CCOc1cc(NC2CCN3CCCC3C2)ncn1. The molecule has 0 amide bonds. The lowest BCUT2D eigenvalue weighted by atomic mass is 9.97. The van der Waals surface area contributed by atoms with E-state index < -0.39 is 0 Å². The Morgan fingerprint density at radius 2 is 2.32 bits per heavy atom. The third kappa shape index (κ3) is 2.97. The van der Waals surface area contributed by atoms with Crippen molar-refractivity contribution < 1.29 is 4.74 Å². The van der Waals surface area contributed by atoms with Crippen molar-refractivity contribution in [2.24, 2.45) is 0 Å². The van der Waals surface area contributed by atoms with Crippen LogP contribution >= 0.6 is 0 Å². The minimum Gasteiger partial charge on any atom is -0.478 e. The lowest BCUT2D eigenvalue weighted by Gasteiger charge is -2.35. The largest absolute Gasteiger partial charge is 0.478 e. The lowest BCUT2D eigenvalue weighted by Crippen LogP contribution is -2.42. The van der Waals surface area contributed by atoms with Gasteiger partial charge in [-0.15, -0.1) is 0 Å². The molecule has 0 bridgehead atoms. The van der Waals surface area contributed by atoms with Gasteiger partial charge in [0.2, 0.25) is 5.88 Å². The molecule has 1 N–H and O–H groups in total. The van der Waals surface area contributed by atoms with Crippen LogP contribution in [0.1, 0.15) is 32.6 Å². The van der Waals surface area contributed by atoms with E-state index in [-0.39, 0.29) is 0 Å². The maximum atomic E-state index is 5.41. The molecule has 0 aromatic carbocycles. The van der Waals surface area contributed by atoms with Gasteiger partial charge in [0, 0.05) is 24.7 Å². The zero-order valence-electron chi connectivity index (χ0n) is 11.5. The van der Waals surface area contributed by atoms with E-state index in [2.05, 4.69) is 20.2 Å². The number of nitrogens with zero attached hydrogens (tertiary/aromatic N) is 3. The van der Waals surface area contributed by atoms with Crippen molar-refractivity contribution in [3.05, 3.63) is 12.4 Å². The summed E-state index contributed by atoms with van der Waals surface area (Å²) in [4.78, 5) is 11.0. The van der Waals surface area contributed by atoms with Gasteiger partial charge < -0.3 is 15.0 Å². The average Bonchev–Trinajstić information content (AvgIpc) is 2.87. The Morgan fingerprint density at radius 3 is 3.21 bits per heavy atom. The minimum atomic E-state index is 0.531. The van der Waals surface area contributed by atoms with Crippen LogP contribution in [0.4, 0.5) is 5.82 Å². The maximum Gasteiger partial charge on any atom is 0.218 e. The fourth-order valence-corrected chi connectivity index (χ4v) is 3.21. The van der Waals surface area contributed by atoms with Gasteiger partial charge >= 0.3 is 0 Å². The molecule has 2 unspecified atom stereocenters. The Hall–Kier alpha value is -1.36. The van der Waals surface area contributed by atoms with Crippen LogP contribution in [0.15, 0.2) is 12.4 Å². The van der Waals surface area contributed by atoms with Gasteiger partial charge in [-0.2, -0.15) is 0 Å². The van der Waals surface area contributed by atoms with Crippen molar-refractivity contribution in [2.75, 3.05) is 25.0 Å². The predicted octanol–water partition coefficient (Wildman–Crippen LogP) is 1.91. The van der Waals surface area contributed by atoms with Crippen LogP contribution in [0.3, 0.4) is 0 Å². The lowest BCUT2D eigenvalue weighted by molar-refractivity contribution is 0.188. The second-order valence-corrected chi connectivity index (χ2v) is 5.37. The Bertz CT molecular complexity index is 426. The van der Waals surface area contributed by atoms with Gasteiger partial charge in [-0.25, -0.2) is 9.97 Å². The van der Waals surface area contributed by atoms with E-state index in [4.69, 9.17) is 4.74 Å². The van der Waals surface area contributed by atoms with Crippen molar-refractivity contribution in [3.8, 4) is 5.88 Å². The van der Waals surface area contributed by atoms with Gasteiger partial charge in [-0.05, 0) is 39.2 Å². The first kappa shape index (κ1) is 12.7. The molecule has 0 aliphatic carbocycles. The Balaban J connectivity index is 1.60. The summed E-state index contributed by atoms with van der Waals surface area (Å²) in [5.74, 6) is 1.54. The first-order valence-corrected chi connectivity index (χ1v) is 7.30. The fourth-order valence-electron chi connectivity index (χ4n) is 3.21. The number of anilines is 1. The third-order valence-electron chi connectivity index (χ3n) is 4.11. The van der Waals surface area contributed by atoms with Crippen molar-refractivity contribution >= 4 is 5.82 Å². The van der Waals surface area contributed by atoms with Crippen LogP contribution in [-0.2, 0) is 0 Å². The van der Waals surface area contributed by atoms with Gasteiger partial charge in [0.05, 0.1) is 6.61 Å². The van der Waals surface area contributed by atoms with E-state index in [1.54, 1.807) is 6.33 Å². The first-order chi connectivity index (χ1) is 9.35. The second kappa shape index (κ2) is 5.74. The number of hydrogen-bond donors (Lipinski definition) is 1. The highest BCUT2D eigenvalue weighted by molar-refractivity contribution is 5.38. The van der Waals surface area contributed by atoms with Crippen molar-refractivity contribution in [1.29, 1.82) is 0 Å². The molecule has 2 atom stereocenters. The molecule has 19 heavy (non-hydrogen) atoms. The van der Waals surface area contributed by atoms with Crippen LogP contribution in [0.2, 0.25) is 0 Å². The van der Waals surface area contributed by atoms with Crippen molar-refractivity contribution in [3.63, 3.8) is 0 Å². The molecule has 0 saturated carbocycles. The molecule has 1 aromatic heterocycles. The summed E-state index contributed by atoms with van der Waals surface area (Å²) in [5.41, 5.74) is 0. The zero-order valence-corrected chi connectivity index (χ0v) is 11.5. The van der Waals surface area contributed by atoms with E-state index in [1.807, 2.05) is 13.0 Å². The van der Waals surface area contributed by atoms with Gasteiger partial charge in [0.1, 0.15) is 12.1 Å². The van der Waals surface area contributed by atoms with E-state index in [0.29, 0.717) is 18.5 Å². The summed E-state index contributed by atoms with van der Waals surface area (Å²) in [6.07, 6.45) is 6.71. The average molecular weight is 262 g/mol. The van der Waals surface area contributed by atoms with Crippen molar-refractivity contribution in [1.82, 2.24) is 14.9 Å². The van der Waals surface area contributed by atoms with E-state index in [9.17, 15) is 0 Å². The number of fused-ring (bicyclic) bond motifs is 1. The molecular weight excluding hydrogens is 240 g/mol. The number of aromatic nitrogens is 2. The van der Waals surface area contributed by atoms with Crippen LogP contribution in [-0.4, -0.2) is 46.6 Å². The number of piperidine rings is 1. The molecule has 3 rings (SSSR count). The van der Waals surface area contributed by atoms with Gasteiger partial charge in [-0.3, -0.25) is 0 Å². The molecule has 2 fully saturated rings. The molecule has 2 saturated heterocycles. The van der Waals surface area contributed by atoms with Gasteiger partial charge in [0.15, 0.2) is 0 Å². The molecule has 0 spiro atoms. The Kier molecular flexibility index (Phi) is 3.82. The molecule has 2 aliphatic rings. The summed E-state index contributed by atoms with van der Waals surface area (Å²) in [6.45, 7) is 5.10. The Labute approximate surface area is 114 Å².